The van der Waals surface area contributed by atoms with E-state index in [0.29, 0.717) is 10.9 Å². The molecule has 0 aliphatic rings. The molecule has 0 atom stereocenters. The molecule has 0 bridgehead atoms. The van der Waals surface area contributed by atoms with Crippen molar-refractivity contribution in [3.63, 3.8) is 0 Å². The quantitative estimate of drug-likeness (QED) is 0.549. The maximum absolute atomic E-state index is 12.2. The summed E-state index contributed by atoms with van der Waals surface area (Å²) in [6, 6.07) is 4.05. The van der Waals surface area contributed by atoms with Crippen molar-refractivity contribution < 1.29 is 22.7 Å². The van der Waals surface area contributed by atoms with Crippen LogP contribution in [-0.4, -0.2) is 17.5 Å². The van der Waals surface area contributed by atoms with Crippen molar-refractivity contribution in [3.8, 4) is 5.75 Å². The van der Waals surface area contributed by atoms with Crippen molar-refractivity contribution in [1.82, 2.24) is 0 Å². The van der Waals surface area contributed by atoms with Gasteiger partial charge in [-0.15, -0.1) is 13.2 Å². The second kappa shape index (κ2) is 6.56. The lowest BCUT2D eigenvalue weighted by atomic mass is 10.1. The lowest BCUT2D eigenvalue weighted by Gasteiger charge is -2.13. The summed E-state index contributed by atoms with van der Waals surface area (Å²) in [5.74, 6) is -0.584. The Hall–Kier alpha value is -0.560. The highest BCUT2D eigenvalue weighted by Crippen LogP contribution is 2.29. The van der Waals surface area contributed by atoms with Crippen molar-refractivity contribution in [2.45, 2.75) is 18.1 Å². The molecule has 7 heteroatoms. The number of carbonyl (C=O) groups excluding carboxylic acids is 1. The Morgan fingerprint density at radius 2 is 1.94 bits per heavy atom. The van der Waals surface area contributed by atoms with Crippen molar-refractivity contribution in [3.05, 3.63) is 29.3 Å². The zero-order valence-electron chi connectivity index (χ0n) is 9.06. The topological polar surface area (TPSA) is 26.3 Å². The number of benzene rings is 1. The predicted octanol–water partition coefficient (Wildman–Crippen LogP) is 4.45. The first kappa shape index (κ1) is 15.5. The molecule has 2 nitrogen and oxygen atoms in total. The van der Waals surface area contributed by atoms with Gasteiger partial charge in [-0.3, -0.25) is 4.79 Å². The Bertz CT molecular complexity index is 433. The van der Waals surface area contributed by atoms with Crippen LogP contribution in [0.25, 0.3) is 0 Å². The summed E-state index contributed by atoms with van der Waals surface area (Å²) in [5.41, 5.74) is 0.543. The molecule has 0 heterocycles. The van der Waals surface area contributed by atoms with Crippen LogP contribution in [0.5, 0.6) is 5.75 Å². The monoisotopic (exact) mass is 388 g/mol. The Labute approximate surface area is 119 Å². The number of carbonyl (C=O) groups is 1. The van der Waals surface area contributed by atoms with Crippen LogP contribution in [0.2, 0.25) is 0 Å². The molecule has 100 valence electrons. The molecule has 0 fully saturated rings. The van der Waals surface area contributed by atoms with Gasteiger partial charge in [0.15, 0.2) is 5.78 Å². The molecular formula is C11H9Br2F3O2. The Kier molecular flexibility index (Phi) is 5.65. The van der Waals surface area contributed by atoms with Gasteiger partial charge in [0.1, 0.15) is 5.75 Å². The summed E-state index contributed by atoms with van der Waals surface area (Å²) in [6.07, 6.45) is -4.55. The second-order valence-electron chi connectivity index (χ2n) is 3.37. The smallest absolute Gasteiger partial charge is 0.405 e. The summed E-state index contributed by atoms with van der Waals surface area (Å²) < 4.78 is 40.5. The molecule has 0 unspecified atom stereocenters. The van der Waals surface area contributed by atoms with E-state index in [1.807, 2.05) is 0 Å². The molecular weight excluding hydrogens is 381 g/mol. The maximum Gasteiger partial charge on any atom is 0.573 e. The van der Waals surface area contributed by atoms with E-state index in [0.717, 1.165) is 6.07 Å². The molecule has 0 radical (unpaired) electrons. The molecule has 0 aliphatic heterocycles. The minimum atomic E-state index is -4.77. The summed E-state index contributed by atoms with van der Waals surface area (Å²) in [7, 11) is 0. The highest BCUT2D eigenvalue weighted by atomic mass is 79.9. The predicted molar refractivity (Wildman–Crippen MR) is 68.5 cm³/mol. The van der Waals surface area contributed by atoms with E-state index in [1.165, 1.54) is 12.1 Å². The highest BCUT2D eigenvalue weighted by Gasteiger charge is 2.32. The zero-order chi connectivity index (χ0) is 13.8. The fraction of sp³-hybridized carbons (Fsp3) is 0.364. The van der Waals surface area contributed by atoms with E-state index in [-0.39, 0.29) is 28.8 Å². The van der Waals surface area contributed by atoms with Crippen LogP contribution >= 0.6 is 31.9 Å². The SMILES string of the molecule is O=C(CCBr)c1ccc(CBr)c(OC(F)(F)F)c1. The molecule has 0 spiro atoms. The Morgan fingerprint density at radius 1 is 1.28 bits per heavy atom. The summed E-state index contributed by atoms with van der Waals surface area (Å²) in [4.78, 5) is 11.6. The fourth-order valence-electron chi connectivity index (χ4n) is 1.29. The number of halogens is 5. The third-order valence-corrected chi connectivity index (χ3v) is 3.08. The average Bonchev–Trinajstić information content (AvgIpc) is 2.27. The van der Waals surface area contributed by atoms with Crippen molar-refractivity contribution in [1.29, 1.82) is 0 Å². The number of hydrogen-bond donors (Lipinski definition) is 0. The van der Waals surface area contributed by atoms with Gasteiger partial charge in [0.2, 0.25) is 0 Å². The fourth-order valence-corrected chi connectivity index (χ4v) is 2.11. The maximum atomic E-state index is 12.2. The lowest BCUT2D eigenvalue weighted by molar-refractivity contribution is -0.274. The number of Topliss-reactive ketones (excluding diaryl/α,β-unsaturated/α-hetero) is 1. The first-order valence-electron chi connectivity index (χ1n) is 4.91. The van der Waals surface area contributed by atoms with Gasteiger partial charge in [-0.05, 0) is 6.07 Å². The molecule has 1 rings (SSSR count). The zero-order valence-corrected chi connectivity index (χ0v) is 12.2. The molecule has 0 aromatic heterocycles. The lowest BCUT2D eigenvalue weighted by Crippen LogP contribution is -2.18. The third kappa shape index (κ3) is 4.61. The summed E-state index contributed by atoms with van der Waals surface area (Å²) in [5, 5.41) is 0.673. The number of rotatable bonds is 5. The average molecular weight is 390 g/mol. The molecule has 0 saturated heterocycles. The number of hydrogen-bond acceptors (Lipinski definition) is 2. The van der Waals surface area contributed by atoms with E-state index in [9.17, 15) is 18.0 Å². The summed E-state index contributed by atoms with van der Waals surface area (Å²) in [6.45, 7) is 0. The second-order valence-corrected chi connectivity index (χ2v) is 4.72. The van der Waals surface area contributed by atoms with Crippen LogP contribution in [0.1, 0.15) is 22.3 Å². The van der Waals surface area contributed by atoms with Crippen LogP contribution in [0, 0.1) is 0 Å². The minimum Gasteiger partial charge on any atom is -0.405 e. The van der Waals surface area contributed by atoms with E-state index >= 15 is 0 Å². The first-order chi connectivity index (χ1) is 8.37. The summed E-state index contributed by atoms with van der Waals surface area (Å²) >= 11 is 6.17. The van der Waals surface area contributed by atoms with Gasteiger partial charge in [0, 0.05) is 28.2 Å². The highest BCUT2D eigenvalue weighted by molar-refractivity contribution is 9.09. The number of ether oxygens (including phenoxy) is 1. The molecule has 1 aromatic rings. The molecule has 0 aliphatic carbocycles. The van der Waals surface area contributed by atoms with Crippen LogP contribution in [0.3, 0.4) is 0 Å². The Balaban J connectivity index is 3.05. The van der Waals surface area contributed by atoms with Gasteiger partial charge in [0.05, 0.1) is 0 Å². The van der Waals surface area contributed by atoms with Gasteiger partial charge in [0.25, 0.3) is 0 Å². The standard InChI is InChI=1S/C11H9Br2F3O2/c12-4-3-9(17)7-1-2-8(6-13)10(5-7)18-11(14,15)16/h1-2,5H,3-4,6H2. The van der Waals surface area contributed by atoms with E-state index in [4.69, 9.17) is 0 Å². The molecule has 1 aromatic carbocycles. The van der Waals surface area contributed by atoms with Crippen molar-refractivity contribution in [2.24, 2.45) is 0 Å². The van der Waals surface area contributed by atoms with Gasteiger partial charge in [-0.1, -0.05) is 44.0 Å². The van der Waals surface area contributed by atoms with Crippen molar-refractivity contribution >= 4 is 37.6 Å². The Morgan fingerprint density at radius 3 is 2.44 bits per heavy atom. The largest absolute Gasteiger partial charge is 0.573 e. The number of ketones is 1. The minimum absolute atomic E-state index is 0.207. The normalized spacial score (nSPS) is 11.4. The van der Waals surface area contributed by atoms with E-state index in [2.05, 4.69) is 36.6 Å². The van der Waals surface area contributed by atoms with Gasteiger partial charge < -0.3 is 4.74 Å². The van der Waals surface area contributed by atoms with Gasteiger partial charge >= 0.3 is 6.36 Å². The van der Waals surface area contributed by atoms with E-state index < -0.39 is 6.36 Å². The number of alkyl halides is 5. The van der Waals surface area contributed by atoms with E-state index in [1.54, 1.807) is 0 Å². The third-order valence-electron chi connectivity index (χ3n) is 2.08. The van der Waals surface area contributed by atoms with Crippen LogP contribution in [-0.2, 0) is 5.33 Å². The van der Waals surface area contributed by atoms with Crippen LogP contribution < -0.4 is 4.74 Å². The molecule has 18 heavy (non-hydrogen) atoms. The van der Waals surface area contributed by atoms with Gasteiger partial charge in [-0.25, -0.2) is 0 Å². The molecule has 0 N–H and O–H groups in total. The van der Waals surface area contributed by atoms with Gasteiger partial charge in [-0.2, -0.15) is 0 Å². The molecule has 0 saturated carbocycles. The first-order valence-corrected chi connectivity index (χ1v) is 7.15. The van der Waals surface area contributed by atoms with Crippen LogP contribution in [0.4, 0.5) is 13.2 Å². The molecule has 0 amide bonds. The van der Waals surface area contributed by atoms with Crippen molar-refractivity contribution in [2.75, 3.05) is 5.33 Å². The van der Waals surface area contributed by atoms with Crippen LogP contribution in [0.15, 0.2) is 18.2 Å².